The maximum absolute atomic E-state index is 13.2. The van der Waals surface area contributed by atoms with E-state index in [0.717, 1.165) is 18.4 Å². The highest BCUT2D eigenvalue weighted by molar-refractivity contribution is 9.09. The van der Waals surface area contributed by atoms with Crippen LogP contribution in [0.2, 0.25) is 0 Å². The molecular weight excluding hydrogens is 500 g/mol. The van der Waals surface area contributed by atoms with Crippen molar-refractivity contribution in [2.75, 3.05) is 24.3 Å². The Balaban J connectivity index is 1.36. The first-order chi connectivity index (χ1) is 16.5. The van der Waals surface area contributed by atoms with Gasteiger partial charge in [-0.25, -0.2) is 4.79 Å². The maximum atomic E-state index is 13.2. The van der Waals surface area contributed by atoms with E-state index in [0.29, 0.717) is 30.1 Å². The number of rotatable bonds is 8. The second-order valence-corrected chi connectivity index (χ2v) is 9.39. The van der Waals surface area contributed by atoms with Crippen LogP contribution in [0.3, 0.4) is 0 Å². The molecule has 180 valence electrons. The van der Waals surface area contributed by atoms with Crippen molar-refractivity contribution in [3.63, 3.8) is 0 Å². The molecule has 0 saturated carbocycles. The van der Waals surface area contributed by atoms with Gasteiger partial charge in [0.15, 0.2) is 0 Å². The molecule has 2 heterocycles. The third-order valence-electron chi connectivity index (χ3n) is 6.75. The highest BCUT2D eigenvalue weighted by Gasteiger charge is 2.51. The molecule has 2 aliphatic rings. The number of carbonyl (C=O) groups excluding carboxylic acids is 3. The largest absolute Gasteiger partial charge is 0.465 e. The van der Waals surface area contributed by atoms with Crippen LogP contribution in [-0.2, 0) is 25.5 Å². The molecule has 4 atom stereocenters. The normalized spacial score (nSPS) is 23.8. The van der Waals surface area contributed by atoms with Gasteiger partial charge in [0.1, 0.15) is 12.0 Å². The lowest BCUT2D eigenvalue weighted by Gasteiger charge is -2.40. The first-order valence-corrected chi connectivity index (χ1v) is 12.7. The number of carbonyl (C=O) groups is 3. The van der Waals surface area contributed by atoms with Crippen LogP contribution in [0.1, 0.15) is 35.2 Å². The molecule has 8 heteroatoms. The molecule has 2 bridgehead atoms. The first kappa shape index (κ1) is 24.4. The molecule has 0 aromatic heterocycles. The first-order valence-electron chi connectivity index (χ1n) is 11.6. The SMILES string of the molecule is CN1C2CCC1C(C(=O)OCCc1ccc(NC(=O)CBr)cc1)C(OC(=O)c1ccccc1)C2. The second kappa shape index (κ2) is 11.1. The zero-order valence-electron chi connectivity index (χ0n) is 19.1. The molecule has 2 aliphatic heterocycles. The number of nitrogens with zero attached hydrogens (tertiary/aromatic N) is 1. The van der Waals surface area contributed by atoms with Gasteiger partial charge in [-0.3, -0.25) is 14.5 Å². The van der Waals surface area contributed by atoms with Crippen LogP contribution >= 0.6 is 15.9 Å². The summed E-state index contributed by atoms with van der Waals surface area (Å²) < 4.78 is 11.5. The zero-order chi connectivity index (χ0) is 24.1. The van der Waals surface area contributed by atoms with Gasteiger partial charge >= 0.3 is 11.9 Å². The van der Waals surface area contributed by atoms with E-state index >= 15 is 0 Å². The predicted octanol–water partition coefficient (Wildman–Crippen LogP) is 3.81. The van der Waals surface area contributed by atoms with Gasteiger partial charge in [0.25, 0.3) is 0 Å². The van der Waals surface area contributed by atoms with E-state index in [9.17, 15) is 14.4 Å². The van der Waals surface area contributed by atoms with E-state index in [4.69, 9.17) is 9.47 Å². The quantitative estimate of drug-likeness (QED) is 0.414. The molecule has 2 fully saturated rings. The van der Waals surface area contributed by atoms with Crippen LogP contribution in [0, 0.1) is 5.92 Å². The molecule has 2 aromatic rings. The molecule has 0 spiro atoms. The van der Waals surface area contributed by atoms with Crippen molar-refractivity contribution >= 4 is 39.5 Å². The lowest BCUT2D eigenvalue weighted by atomic mass is 9.87. The predicted molar refractivity (Wildman–Crippen MR) is 132 cm³/mol. The number of anilines is 1. The number of piperidine rings is 1. The second-order valence-electron chi connectivity index (χ2n) is 8.83. The number of hydrogen-bond donors (Lipinski definition) is 1. The van der Waals surface area contributed by atoms with Crippen LogP contribution in [-0.4, -0.2) is 59.9 Å². The number of esters is 2. The summed E-state index contributed by atoms with van der Waals surface area (Å²) in [7, 11) is 2.04. The molecular formula is C26H29BrN2O5. The number of benzene rings is 2. The number of nitrogens with one attached hydrogen (secondary N) is 1. The van der Waals surface area contributed by atoms with Gasteiger partial charge in [-0.15, -0.1) is 0 Å². The van der Waals surface area contributed by atoms with Gasteiger partial charge in [0.05, 0.1) is 17.5 Å². The Morgan fingerprint density at radius 1 is 1.06 bits per heavy atom. The molecule has 4 unspecified atom stereocenters. The fraction of sp³-hybridized carbons (Fsp3) is 0.423. The van der Waals surface area contributed by atoms with Crippen LogP contribution in [0.4, 0.5) is 5.69 Å². The smallest absolute Gasteiger partial charge is 0.338 e. The van der Waals surface area contributed by atoms with Crippen molar-refractivity contribution in [2.24, 2.45) is 5.92 Å². The van der Waals surface area contributed by atoms with Crippen molar-refractivity contribution in [3.05, 3.63) is 65.7 Å². The minimum atomic E-state index is -0.502. The van der Waals surface area contributed by atoms with E-state index in [1.807, 2.05) is 37.4 Å². The van der Waals surface area contributed by atoms with Gasteiger partial charge in [0, 0.05) is 30.6 Å². The molecule has 0 radical (unpaired) electrons. The van der Waals surface area contributed by atoms with Gasteiger partial charge < -0.3 is 14.8 Å². The lowest BCUT2D eigenvalue weighted by Crippen LogP contribution is -2.53. The fourth-order valence-corrected chi connectivity index (χ4v) is 5.09. The molecule has 34 heavy (non-hydrogen) atoms. The minimum Gasteiger partial charge on any atom is -0.465 e. The van der Waals surface area contributed by atoms with Crippen molar-refractivity contribution in [3.8, 4) is 0 Å². The Labute approximate surface area is 207 Å². The molecule has 4 rings (SSSR count). The summed E-state index contributed by atoms with van der Waals surface area (Å²) in [5, 5.41) is 3.01. The molecule has 1 amide bonds. The molecule has 2 saturated heterocycles. The minimum absolute atomic E-state index is 0.0113. The molecule has 7 nitrogen and oxygen atoms in total. The number of amides is 1. The van der Waals surface area contributed by atoms with Crippen LogP contribution in [0.5, 0.6) is 0 Å². The molecule has 1 N–H and O–H groups in total. The average molecular weight is 529 g/mol. The zero-order valence-corrected chi connectivity index (χ0v) is 20.7. The Kier molecular flexibility index (Phi) is 8.00. The van der Waals surface area contributed by atoms with Crippen LogP contribution < -0.4 is 5.32 Å². The van der Waals surface area contributed by atoms with Gasteiger partial charge in [-0.2, -0.15) is 0 Å². The lowest BCUT2D eigenvalue weighted by molar-refractivity contribution is -0.159. The van der Waals surface area contributed by atoms with Crippen LogP contribution in [0.15, 0.2) is 54.6 Å². The van der Waals surface area contributed by atoms with E-state index in [-0.39, 0.29) is 29.9 Å². The third-order valence-corrected chi connectivity index (χ3v) is 7.26. The molecule has 2 aromatic carbocycles. The summed E-state index contributed by atoms with van der Waals surface area (Å²) in [6, 6.07) is 16.6. The molecule has 0 aliphatic carbocycles. The summed E-state index contributed by atoms with van der Waals surface area (Å²) in [6.07, 6.45) is 2.58. The standard InChI is InChI=1S/C26H29BrN2O5/c1-29-20-11-12-21(29)24(22(15-20)34-25(31)18-5-3-2-4-6-18)26(32)33-14-13-17-7-9-19(10-8-17)28-23(30)16-27/h2-10,20-22,24H,11-16H2,1H3,(H,28,30). The summed E-state index contributed by atoms with van der Waals surface area (Å²) in [4.78, 5) is 39.6. The number of alkyl halides is 1. The Hall–Kier alpha value is -2.71. The summed E-state index contributed by atoms with van der Waals surface area (Å²) in [5.41, 5.74) is 2.20. The van der Waals surface area contributed by atoms with Crippen LogP contribution in [0.25, 0.3) is 0 Å². The Morgan fingerprint density at radius 3 is 2.50 bits per heavy atom. The topological polar surface area (TPSA) is 84.9 Å². The Bertz CT molecular complexity index is 1010. The van der Waals surface area contributed by atoms with E-state index < -0.39 is 18.0 Å². The van der Waals surface area contributed by atoms with E-state index in [1.165, 1.54) is 0 Å². The summed E-state index contributed by atoms with van der Waals surface area (Å²) in [5.74, 6) is -1.34. The Morgan fingerprint density at radius 2 is 1.79 bits per heavy atom. The van der Waals surface area contributed by atoms with Crippen molar-refractivity contribution in [1.82, 2.24) is 4.90 Å². The summed E-state index contributed by atoms with van der Waals surface area (Å²) >= 11 is 3.12. The highest BCUT2D eigenvalue weighted by Crippen LogP contribution is 2.40. The summed E-state index contributed by atoms with van der Waals surface area (Å²) in [6.45, 7) is 0.238. The van der Waals surface area contributed by atoms with Gasteiger partial charge in [0.2, 0.25) is 5.91 Å². The number of halogens is 1. The monoisotopic (exact) mass is 528 g/mol. The number of fused-ring (bicyclic) bond motifs is 2. The van der Waals surface area contributed by atoms with E-state index in [1.54, 1.807) is 24.3 Å². The van der Waals surface area contributed by atoms with Crippen molar-refractivity contribution in [2.45, 2.75) is 43.9 Å². The van der Waals surface area contributed by atoms with Gasteiger partial charge in [-0.1, -0.05) is 46.3 Å². The number of ether oxygens (including phenoxy) is 2. The third kappa shape index (κ3) is 5.67. The fourth-order valence-electron chi connectivity index (χ4n) is 4.95. The van der Waals surface area contributed by atoms with Crippen molar-refractivity contribution < 1.29 is 23.9 Å². The highest BCUT2D eigenvalue weighted by atomic mass is 79.9. The maximum Gasteiger partial charge on any atom is 0.338 e. The van der Waals surface area contributed by atoms with E-state index in [2.05, 4.69) is 26.1 Å². The van der Waals surface area contributed by atoms with Gasteiger partial charge in [-0.05, 0) is 49.7 Å². The van der Waals surface area contributed by atoms with Crippen molar-refractivity contribution in [1.29, 1.82) is 0 Å². The number of hydrogen-bond acceptors (Lipinski definition) is 6. The average Bonchev–Trinajstić information content (AvgIpc) is 3.08.